The summed E-state index contributed by atoms with van der Waals surface area (Å²) in [5, 5.41) is 4.58. The number of hydrogen-bond acceptors (Lipinski definition) is 2. The van der Waals surface area contributed by atoms with Crippen molar-refractivity contribution in [2.75, 3.05) is 5.43 Å². The van der Waals surface area contributed by atoms with Gasteiger partial charge in [-0.05, 0) is 23.3 Å². The number of H-pyrrole nitrogens is 1. The molecule has 0 atom stereocenters. The second-order valence-corrected chi connectivity index (χ2v) is 4.75. The largest absolute Gasteiger partial charge is 0.347 e. The van der Waals surface area contributed by atoms with Crippen LogP contribution in [-0.4, -0.2) is 10.7 Å². The van der Waals surface area contributed by atoms with Gasteiger partial charge in [0.1, 0.15) is 5.82 Å². The van der Waals surface area contributed by atoms with E-state index in [1.807, 2.05) is 18.3 Å². The SMILES string of the molecule is c1c[nH]c(NN=C2c3ccccc3-c3ccccc32)c1. The number of nitrogens with one attached hydrogen (secondary N) is 2. The molecule has 3 nitrogen and oxygen atoms in total. The number of anilines is 1. The Bertz CT molecular complexity index is 738. The average molecular weight is 259 g/mol. The van der Waals surface area contributed by atoms with Crippen molar-refractivity contribution < 1.29 is 0 Å². The van der Waals surface area contributed by atoms with E-state index in [4.69, 9.17) is 0 Å². The van der Waals surface area contributed by atoms with E-state index in [1.54, 1.807) is 0 Å². The quantitative estimate of drug-likeness (QED) is 0.527. The third-order valence-corrected chi connectivity index (χ3v) is 3.54. The first kappa shape index (κ1) is 11.1. The Labute approximate surface area is 117 Å². The van der Waals surface area contributed by atoms with E-state index in [1.165, 1.54) is 22.3 Å². The van der Waals surface area contributed by atoms with Gasteiger partial charge in [-0.3, -0.25) is 5.43 Å². The minimum Gasteiger partial charge on any atom is -0.347 e. The number of hydrogen-bond donors (Lipinski definition) is 2. The molecule has 2 aromatic carbocycles. The first-order valence-corrected chi connectivity index (χ1v) is 6.60. The van der Waals surface area contributed by atoms with Crippen LogP contribution in [0.25, 0.3) is 11.1 Å². The highest BCUT2D eigenvalue weighted by molar-refractivity contribution is 6.24. The van der Waals surface area contributed by atoms with Crippen LogP contribution in [0, 0.1) is 0 Å². The van der Waals surface area contributed by atoms with Gasteiger partial charge in [-0.25, -0.2) is 0 Å². The summed E-state index contributed by atoms with van der Waals surface area (Å²) in [6.07, 6.45) is 1.87. The van der Waals surface area contributed by atoms with Crippen LogP contribution in [0.5, 0.6) is 0 Å². The van der Waals surface area contributed by atoms with E-state index in [0.717, 1.165) is 11.5 Å². The van der Waals surface area contributed by atoms with E-state index >= 15 is 0 Å². The first-order valence-electron chi connectivity index (χ1n) is 6.60. The molecule has 1 aliphatic rings. The van der Waals surface area contributed by atoms with Crippen molar-refractivity contribution >= 4 is 11.5 Å². The summed E-state index contributed by atoms with van der Waals surface area (Å²) in [4.78, 5) is 3.09. The molecule has 0 aliphatic heterocycles. The Morgan fingerprint density at radius 3 is 1.85 bits per heavy atom. The zero-order chi connectivity index (χ0) is 13.4. The molecule has 20 heavy (non-hydrogen) atoms. The van der Waals surface area contributed by atoms with Crippen molar-refractivity contribution in [2.45, 2.75) is 0 Å². The lowest BCUT2D eigenvalue weighted by molar-refractivity contribution is 1.26. The van der Waals surface area contributed by atoms with Gasteiger partial charge in [0.05, 0.1) is 5.71 Å². The Balaban J connectivity index is 1.85. The van der Waals surface area contributed by atoms with Gasteiger partial charge >= 0.3 is 0 Å². The third-order valence-electron chi connectivity index (χ3n) is 3.54. The first-order chi connectivity index (χ1) is 9.93. The zero-order valence-corrected chi connectivity index (χ0v) is 10.8. The van der Waals surface area contributed by atoms with Crippen molar-refractivity contribution in [2.24, 2.45) is 5.10 Å². The fraction of sp³-hybridized carbons (Fsp3) is 0. The van der Waals surface area contributed by atoms with Crippen molar-refractivity contribution in [1.82, 2.24) is 4.98 Å². The highest BCUT2D eigenvalue weighted by Crippen LogP contribution is 2.36. The van der Waals surface area contributed by atoms with Crippen LogP contribution in [0.1, 0.15) is 11.1 Å². The number of rotatable bonds is 2. The van der Waals surface area contributed by atoms with Crippen LogP contribution in [0.2, 0.25) is 0 Å². The van der Waals surface area contributed by atoms with Crippen LogP contribution >= 0.6 is 0 Å². The smallest absolute Gasteiger partial charge is 0.123 e. The molecular weight excluding hydrogens is 246 g/mol. The Hall–Kier alpha value is -2.81. The predicted molar refractivity (Wildman–Crippen MR) is 81.9 cm³/mol. The fourth-order valence-electron chi connectivity index (χ4n) is 2.63. The summed E-state index contributed by atoms with van der Waals surface area (Å²) in [6.45, 7) is 0. The van der Waals surface area contributed by atoms with Crippen molar-refractivity contribution in [3.8, 4) is 11.1 Å². The van der Waals surface area contributed by atoms with Crippen molar-refractivity contribution in [3.05, 3.63) is 78.0 Å². The minimum absolute atomic E-state index is 0.888. The lowest BCUT2D eigenvalue weighted by Gasteiger charge is -2.02. The van der Waals surface area contributed by atoms with Gasteiger partial charge in [0.15, 0.2) is 0 Å². The molecule has 4 rings (SSSR count). The molecule has 3 heteroatoms. The summed E-state index contributed by atoms with van der Waals surface area (Å²) < 4.78 is 0. The second kappa shape index (κ2) is 4.38. The van der Waals surface area contributed by atoms with E-state index in [9.17, 15) is 0 Å². The normalized spacial score (nSPS) is 11.9. The topological polar surface area (TPSA) is 40.2 Å². The van der Waals surface area contributed by atoms with E-state index in [2.05, 4.69) is 64.0 Å². The maximum absolute atomic E-state index is 4.58. The van der Waals surface area contributed by atoms with E-state index in [-0.39, 0.29) is 0 Å². The summed E-state index contributed by atoms with van der Waals surface area (Å²) in [5.41, 5.74) is 8.91. The predicted octanol–water partition coefficient (Wildman–Crippen LogP) is 3.86. The van der Waals surface area contributed by atoms with Gasteiger partial charge in [0.25, 0.3) is 0 Å². The number of benzene rings is 2. The molecular formula is C17H13N3. The van der Waals surface area contributed by atoms with Crippen LogP contribution in [0.3, 0.4) is 0 Å². The maximum atomic E-state index is 4.58. The molecule has 96 valence electrons. The van der Waals surface area contributed by atoms with Gasteiger partial charge < -0.3 is 4.98 Å². The lowest BCUT2D eigenvalue weighted by atomic mass is 10.1. The van der Waals surface area contributed by atoms with E-state index < -0.39 is 0 Å². The molecule has 0 radical (unpaired) electrons. The molecule has 0 bridgehead atoms. The monoisotopic (exact) mass is 259 g/mol. The van der Waals surface area contributed by atoms with Gasteiger partial charge in [-0.1, -0.05) is 48.5 Å². The number of aromatic amines is 1. The Kier molecular flexibility index (Phi) is 2.42. The lowest BCUT2D eigenvalue weighted by Crippen LogP contribution is -2.02. The molecule has 0 fully saturated rings. The summed E-state index contributed by atoms with van der Waals surface area (Å²) in [7, 11) is 0. The van der Waals surface area contributed by atoms with Crippen LogP contribution < -0.4 is 5.43 Å². The van der Waals surface area contributed by atoms with E-state index in [0.29, 0.717) is 0 Å². The molecule has 0 saturated carbocycles. The minimum atomic E-state index is 0.888. The molecule has 1 aromatic heterocycles. The number of aromatic nitrogens is 1. The molecule has 1 heterocycles. The number of nitrogens with zero attached hydrogens (tertiary/aromatic N) is 1. The fourth-order valence-corrected chi connectivity index (χ4v) is 2.63. The Morgan fingerprint density at radius 2 is 1.30 bits per heavy atom. The number of hydrazone groups is 1. The highest BCUT2D eigenvalue weighted by atomic mass is 15.3. The van der Waals surface area contributed by atoms with Crippen LogP contribution in [0.4, 0.5) is 5.82 Å². The van der Waals surface area contributed by atoms with Gasteiger partial charge in [-0.2, -0.15) is 5.10 Å². The molecule has 2 N–H and O–H groups in total. The summed E-state index contributed by atoms with van der Waals surface area (Å²) in [6, 6.07) is 20.7. The summed E-state index contributed by atoms with van der Waals surface area (Å²) in [5.74, 6) is 0.888. The molecule has 1 aliphatic carbocycles. The Morgan fingerprint density at radius 1 is 0.700 bits per heavy atom. The van der Waals surface area contributed by atoms with Crippen molar-refractivity contribution in [3.63, 3.8) is 0 Å². The zero-order valence-electron chi connectivity index (χ0n) is 10.8. The molecule has 0 saturated heterocycles. The number of fused-ring (bicyclic) bond motifs is 3. The molecule has 0 unspecified atom stereocenters. The van der Waals surface area contributed by atoms with Gasteiger partial charge in [0.2, 0.25) is 0 Å². The standard InChI is InChI=1S/C17H13N3/c1-3-8-14-12(6-1)13-7-2-4-9-15(13)17(14)20-19-16-10-5-11-18-16/h1-11,18-19H. The molecule has 3 aromatic rings. The maximum Gasteiger partial charge on any atom is 0.123 e. The van der Waals surface area contributed by atoms with Crippen LogP contribution in [-0.2, 0) is 0 Å². The highest BCUT2D eigenvalue weighted by Gasteiger charge is 2.23. The average Bonchev–Trinajstić information content (AvgIpc) is 3.11. The van der Waals surface area contributed by atoms with Gasteiger partial charge in [-0.15, -0.1) is 0 Å². The summed E-state index contributed by atoms with van der Waals surface area (Å²) >= 11 is 0. The van der Waals surface area contributed by atoms with Gasteiger partial charge in [0, 0.05) is 17.3 Å². The van der Waals surface area contributed by atoms with Crippen LogP contribution in [0.15, 0.2) is 72.0 Å². The second-order valence-electron chi connectivity index (χ2n) is 4.75. The van der Waals surface area contributed by atoms with Crippen molar-refractivity contribution in [1.29, 1.82) is 0 Å². The molecule has 0 spiro atoms. The third kappa shape index (κ3) is 1.64. The molecule has 0 amide bonds.